The van der Waals surface area contributed by atoms with Crippen LogP contribution in [0, 0.1) is 12.7 Å². The molecular weight excluding hydrogens is 612 g/mol. The van der Waals surface area contributed by atoms with Crippen molar-refractivity contribution in [2.75, 3.05) is 43.5 Å². The van der Waals surface area contributed by atoms with Crippen LogP contribution in [-0.2, 0) is 4.79 Å². The topological polar surface area (TPSA) is 130 Å². The van der Waals surface area contributed by atoms with Crippen molar-refractivity contribution in [3.8, 4) is 5.75 Å². The van der Waals surface area contributed by atoms with Gasteiger partial charge in [0.05, 0.1) is 25.2 Å². The minimum atomic E-state index is -4.92. The molecule has 0 radical (unpaired) electrons. The fraction of sp³-hybridized carbons (Fsp3) is 0.258. The number of allylic oxidation sites excluding steroid dienone is 1. The number of amides is 3. The molecule has 46 heavy (non-hydrogen) atoms. The Morgan fingerprint density at radius 3 is 2.30 bits per heavy atom. The van der Waals surface area contributed by atoms with Gasteiger partial charge in [0.1, 0.15) is 22.9 Å². The van der Waals surface area contributed by atoms with E-state index in [9.17, 15) is 31.9 Å². The molecule has 0 aliphatic carbocycles. The average Bonchev–Trinajstić information content (AvgIpc) is 3.36. The molecule has 4 aromatic rings. The van der Waals surface area contributed by atoms with Gasteiger partial charge in [0.25, 0.3) is 0 Å². The number of carbonyl (C=O) groups excluding carboxylic acids is 3. The fourth-order valence-corrected chi connectivity index (χ4v) is 4.86. The maximum absolute atomic E-state index is 13.9. The van der Waals surface area contributed by atoms with Gasteiger partial charge < -0.3 is 29.6 Å². The van der Waals surface area contributed by atoms with Gasteiger partial charge in [-0.05, 0) is 55.5 Å². The number of anilines is 2. The Labute approximate surface area is 259 Å². The molecule has 1 aliphatic heterocycles. The van der Waals surface area contributed by atoms with Gasteiger partial charge in [-0.25, -0.2) is 19.2 Å². The van der Waals surface area contributed by atoms with Gasteiger partial charge in [0.2, 0.25) is 11.9 Å². The highest BCUT2D eigenvalue weighted by Gasteiger charge is 2.45. The zero-order chi connectivity index (χ0) is 33.0. The lowest BCUT2D eigenvalue weighted by Gasteiger charge is -2.34. The first-order valence-electron chi connectivity index (χ1n) is 14.0. The number of furan rings is 1. The monoisotopic (exact) mass is 640 g/mol. The first kappa shape index (κ1) is 31.9. The summed E-state index contributed by atoms with van der Waals surface area (Å²) in [4.78, 5) is 49.3. The molecule has 1 fully saturated rings. The van der Waals surface area contributed by atoms with Crippen molar-refractivity contribution >= 4 is 40.3 Å². The number of nitrogens with one attached hydrogen (secondary N) is 2. The molecule has 0 saturated carbocycles. The third kappa shape index (κ3) is 7.25. The van der Waals surface area contributed by atoms with E-state index >= 15 is 0 Å². The van der Waals surface area contributed by atoms with Crippen molar-refractivity contribution < 1.29 is 41.1 Å². The molecule has 11 nitrogen and oxygen atoms in total. The standard InChI is InChI=1S/C31H28F4N6O5/c1-18-23-15-20(32)5-9-25(23)46-27(18)28(31(33,34)35)39-30(44)38-21-16-36-29(37-17-21)41-13-11-40(12-14-41)26(43)10-8-24(42)19-3-6-22(45-2)7-4-19/h3-10,15-17,28H,11-14H2,1-2H3,(H2,38,39,44)/b10-8+/t28-/m1/s1. The van der Waals surface area contributed by atoms with Crippen LogP contribution >= 0.6 is 0 Å². The Kier molecular flexibility index (Phi) is 9.21. The zero-order valence-electron chi connectivity index (χ0n) is 24.6. The van der Waals surface area contributed by atoms with E-state index in [1.54, 1.807) is 34.1 Å². The Bertz CT molecular complexity index is 1770. The summed E-state index contributed by atoms with van der Waals surface area (Å²) in [5, 5.41) is 4.31. The van der Waals surface area contributed by atoms with Crippen molar-refractivity contribution in [2.24, 2.45) is 0 Å². The minimum Gasteiger partial charge on any atom is -0.497 e. The number of aryl methyl sites for hydroxylation is 1. The Morgan fingerprint density at radius 1 is 1.00 bits per heavy atom. The number of halogens is 4. The van der Waals surface area contributed by atoms with E-state index in [-0.39, 0.29) is 33.9 Å². The van der Waals surface area contributed by atoms with E-state index in [1.807, 2.05) is 5.32 Å². The molecule has 15 heteroatoms. The van der Waals surface area contributed by atoms with Crippen LogP contribution in [0.1, 0.15) is 27.7 Å². The molecule has 3 heterocycles. The average molecular weight is 641 g/mol. The molecule has 0 unspecified atom stereocenters. The molecule has 0 bridgehead atoms. The highest BCUT2D eigenvalue weighted by Crippen LogP contribution is 2.38. The number of aromatic nitrogens is 2. The van der Waals surface area contributed by atoms with Crippen LogP contribution in [0.25, 0.3) is 11.0 Å². The van der Waals surface area contributed by atoms with Crippen LogP contribution in [-0.4, -0.2) is 72.1 Å². The molecule has 3 amide bonds. The molecule has 2 N–H and O–H groups in total. The van der Waals surface area contributed by atoms with Gasteiger partial charge in [-0.2, -0.15) is 13.2 Å². The van der Waals surface area contributed by atoms with Crippen molar-refractivity contribution in [2.45, 2.75) is 19.1 Å². The van der Waals surface area contributed by atoms with E-state index in [1.165, 1.54) is 44.6 Å². The summed E-state index contributed by atoms with van der Waals surface area (Å²) in [5.74, 6) is -0.939. The maximum atomic E-state index is 13.9. The first-order valence-corrected chi connectivity index (χ1v) is 14.0. The molecule has 1 atom stereocenters. The summed E-state index contributed by atoms with van der Waals surface area (Å²) < 4.78 is 65.9. The van der Waals surface area contributed by atoms with Crippen LogP contribution in [0.5, 0.6) is 5.75 Å². The van der Waals surface area contributed by atoms with E-state index in [0.29, 0.717) is 43.4 Å². The number of rotatable bonds is 8. The zero-order valence-corrected chi connectivity index (χ0v) is 24.6. The van der Waals surface area contributed by atoms with Crippen molar-refractivity contribution in [1.82, 2.24) is 20.2 Å². The Hall–Kier alpha value is -5.47. The number of alkyl halides is 3. The summed E-state index contributed by atoms with van der Waals surface area (Å²) in [7, 11) is 1.52. The molecule has 5 rings (SSSR count). The summed E-state index contributed by atoms with van der Waals surface area (Å²) in [6, 6.07) is 6.17. The van der Waals surface area contributed by atoms with E-state index in [0.717, 1.165) is 12.1 Å². The van der Waals surface area contributed by atoms with Crippen LogP contribution < -0.4 is 20.3 Å². The lowest BCUT2D eigenvalue weighted by atomic mass is 10.1. The summed E-state index contributed by atoms with van der Waals surface area (Å²) in [5.41, 5.74) is 0.549. The number of piperazine rings is 1. The highest BCUT2D eigenvalue weighted by atomic mass is 19.4. The van der Waals surface area contributed by atoms with Crippen molar-refractivity contribution in [1.29, 1.82) is 0 Å². The van der Waals surface area contributed by atoms with Crippen molar-refractivity contribution in [3.05, 3.63) is 89.7 Å². The number of nitrogens with zero attached hydrogens (tertiary/aromatic N) is 4. The first-order chi connectivity index (χ1) is 21.9. The van der Waals surface area contributed by atoms with Gasteiger partial charge in [0, 0.05) is 48.8 Å². The summed E-state index contributed by atoms with van der Waals surface area (Å²) in [6.45, 7) is 2.78. The number of carbonyl (C=O) groups is 3. The minimum absolute atomic E-state index is 0.0334. The molecular formula is C31H28F4N6O5. The number of ether oxygens (including phenoxy) is 1. The van der Waals surface area contributed by atoms with Crippen LogP contribution in [0.3, 0.4) is 0 Å². The second-order valence-corrected chi connectivity index (χ2v) is 10.3. The van der Waals surface area contributed by atoms with Gasteiger partial charge in [-0.15, -0.1) is 0 Å². The quantitative estimate of drug-likeness (QED) is 0.153. The van der Waals surface area contributed by atoms with Crippen LogP contribution in [0.15, 0.2) is 71.4 Å². The number of hydrogen-bond acceptors (Lipinski definition) is 8. The number of ketones is 1. The Morgan fingerprint density at radius 2 is 1.67 bits per heavy atom. The second kappa shape index (κ2) is 13.3. The van der Waals surface area contributed by atoms with E-state index < -0.39 is 29.8 Å². The predicted octanol–water partition coefficient (Wildman–Crippen LogP) is 5.19. The number of fused-ring (bicyclic) bond motifs is 1. The third-order valence-corrected chi connectivity index (χ3v) is 7.32. The number of hydrogen-bond donors (Lipinski definition) is 2. The SMILES string of the molecule is COc1ccc(C(=O)/C=C/C(=O)N2CCN(c3ncc(NC(=O)N[C@H](c4oc5ccc(F)cc5c4C)C(F)(F)F)cn3)CC2)cc1. The largest absolute Gasteiger partial charge is 0.497 e. The fourth-order valence-electron chi connectivity index (χ4n) is 4.86. The van der Waals surface area contributed by atoms with Gasteiger partial charge in [-0.3, -0.25) is 9.59 Å². The summed E-state index contributed by atoms with van der Waals surface area (Å²) in [6.07, 6.45) is 0.0100. The summed E-state index contributed by atoms with van der Waals surface area (Å²) >= 11 is 0. The van der Waals surface area contributed by atoms with Gasteiger partial charge in [0.15, 0.2) is 11.8 Å². The number of methoxy groups -OCH3 is 1. The van der Waals surface area contributed by atoms with Gasteiger partial charge >= 0.3 is 12.2 Å². The van der Waals surface area contributed by atoms with Crippen LogP contribution in [0.2, 0.25) is 0 Å². The molecule has 2 aromatic carbocycles. The number of benzene rings is 2. The maximum Gasteiger partial charge on any atom is 0.416 e. The third-order valence-electron chi connectivity index (χ3n) is 7.32. The molecule has 0 spiro atoms. The highest BCUT2D eigenvalue weighted by molar-refractivity contribution is 6.07. The number of urea groups is 1. The molecule has 1 saturated heterocycles. The lowest BCUT2D eigenvalue weighted by molar-refractivity contribution is -0.158. The predicted molar refractivity (Wildman–Crippen MR) is 159 cm³/mol. The normalized spacial score (nSPS) is 14.4. The second-order valence-electron chi connectivity index (χ2n) is 10.3. The van der Waals surface area contributed by atoms with Crippen molar-refractivity contribution in [3.63, 3.8) is 0 Å². The van der Waals surface area contributed by atoms with Crippen LogP contribution in [0.4, 0.5) is 34.0 Å². The van der Waals surface area contributed by atoms with E-state index in [4.69, 9.17) is 9.15 Å². The molecule has 2 aromatic heterocycles. The van der Waals surface area contributed by atoms with Gasteiger partial charge in [-0.1, -0.05) is 0 Å². The van der Waals surface area contributed by atoms with E-state index in [2.05, 4.69) is 15.3 Å². The lowest BCUT2D eigenvalue weighted by Crippen LogP contribution is -2.48. The molecule has 240 valence electrons. The smallest absolute Gasteiger partial charge is 0.416 e. The molecule has 1 aliphatic rings. The Balaban J connectivity index is 1.14.